The molecule has 4 rings (SSSR count). The third-order valence-corrected chi connectivity index (χ3v) is 4.75. The van der Waals surface area contributed by atoms with Gasteiger partial charge in [0.15, 0.2) is 6.61 Å². The minimum absolute atomic E-state index is 0.0661. The van der Waals surface area contributed by atoms with E-state index >= 15 is 0 Å². The second-order valence-corrected chi connectivity index (χ2v) is 6.61. The Morgan fingerprint density at radius 3 is 2.64 bits per heavy atom. The summed E-state index contributed by atoms with van der Waals surface area (Å²) >= 11 is 0. The van der Waals surface area contributed by atoms with Crippen molar-refractivity contribution in [3.05, 3.63) is 58.7 Å². The minimum atomic E-state index is -0.404. The topological polar surface area (TPSA) is 88.8 Å². The third kappa shape index (κ3) is 3.80. The lowest BCUT2D eigenvalue weighted by Gasteiger charge is -2.34. The van der Waals surface area contributed by atoms with Crippen molar-refractivity contribution in [2.45, 2.75) is 6.92 Å². The van der Waals surface area contributed by atoms with Crippen molar-refractivity contribution in [3.8, 4) is 5.75 Å². The fraction of sp³-hybridized carbons (Fsp3) is 0.300. The number of anilines is 1. The Morgan fingerprint density at radius 1 is 1.14 bits per heavy atom. The number of piperazine rings is 1. The maximum absolute atomic E-state index is 12.5. The predicted octanol–water partition coefficient (Wildman–Crippen LogP) is 1.62. The van der Waals surface area contributed by atoms with Gasteiger partial charge in [-0.1, -0.05) is 0 Å². The first-order valence-corrected chi connectivity index (χ1v) is 9.07. The number of rotatable bonds is 4. The summed E-state index contributed by atoms with van der Waals surface area (Å²) in [5.41, 5.74) is 0.888. The highest BCUT2D eigenvalue weighted by Gasteiger charge is 2.22. The quantitative estimate of drug-likeness (QED) is 0.636. The highest BCUT2D eigenvalue weighted by molar-refractivity contribution is 5.82. The van der Waals surface area contributed by atoms with E-state index in [4.69, 9.17) is 9.15 Å². The molecule has 1 aliphatic rings. The van der Waals surface area contributed by atoms with Crippen LogP contribution in [-0.2, 0) is 4.79 Å². The number of amides is 1. The number of hydrogen-bond acceptors (Lipinski definition) is 7. The molecule has 2 aromatic heterocycles. The van der Waals surface area contributed by atoms with Crippen LogP contribution in [-0.4, -0.2) is 53.6 Å². The summed E-state index contributed by atoms with van der Waals surface area (Å²) in [5, 5.41) is 0.845. The molecule has 8 heteroatoms. The first-order chi connectivity index (χ1) is 13.6. The van der Waals surface area contributed by atoms with E-state index in [1.54, 1.807) is 35.5 Å². The summed E-state index contributed by atoms with van der Waals surface area (Å²) in [6, 6.07) is 8.47. The molecule has 0 N–H and O–H groups in total. The van der Waals surface area contributed by atoms with Crippen LogP contribution in [0.4, 0.5) is 5.95 Å². The van der Waals surface area contributed by atoms with E-state index in [0.717, 1.165) is 10.9 Å². The third-order valence-electron chi connectivity index (χ3n) is 4.75. The molecule has 8 nitrogen and oxygen atoms in total. The number of carbonyl (C=O) groups is 1. The van der Waals surface area contributed by atoms with Crippen LogP contribution in [0.15, 0.2) is 51.9 Å². The Kier molecular flexibility index (Phi) is 4.92. The number of benzene rings is 1. The molecule has 0 unspecified atom stereocenters. The number of fused-ring (bicyclic) bond motifs is 1. The van der Waals surface area contributed by atoms with Crippen molar-refractivity contribution in [1.82, 2.24) is 14.9 Å². The van der Waals surface area contributed by atoms with Crippen molar-refractivity contribution in [1.29, 1.82) is 0 Å². The average molecular weight is 380 g/mol. The van der Waals surface area contributed by atoms with Crippen LogP contribution in [0.2, 0.25) is 0 Å². The van der Waals surface area contributed by atoms with Crippen LogP contribution in [0.1, 0.15) is 5.56 Å². The van der Waals surface area contributed by atoms with Gasteiger partial charge in [0.05, 0.1) is 0 Å². The number of ether oxygens (including phenoxy) is 1. The number of aryl methyl sites for hydroxylation is 1. The van der Waals surface area contributed by atoms with Crippen molar-refractivity contribution in [3.63, 3.8) is 0 Å². The molecule has 1 aliphatic heterocycles. The van der Waals surface area contributed by atoms with E-state index in [0.29, 0.717) is 43.5 Å². The van der Waals surface area contributed by atoms with Crippen molar-refractivity contribution < 1.29 is 13.9 Å². The van der Waals surface area contributed by atoms with E-state index in [2.05, 4.69) is 14.9 Å². The molecular formula is C20H20N4O4. The van der Waals surface area contributed by atoms with Crippen molar-refractivity contribution in [2.75, 3.05) is 37.7 Å². The highest BCUT2D eigenvalue weighted by atomic mass is 16.5. The molecule has 1 saturated heterocycles. The fourth-order valence-electron chi connectivity index (χ4n) is 3.24. The molecule has 3 aromatic rings. The molecule has 0 spiro atoms. The van der Waals surface area contributed by atoms with Gasteiger partial charge in [-0.05, 0) is 30.7 Å². The molecule has 144 valence electrons. The van der Waals surface area contributed by atoms with Gasteiger partial charge in [0.1, 0.15) is 11.3 Å². The van der Waals surface area contributed by atoms with Crippen LogP contribution >= 0.6 is 0 Å². The average Bonchev–Trinajstić information content (AvgIpc) is 2.72. The van der Waals surface area contributed by atoms with E-state index < -0.39 is 5.63 Å². The normalized spacial score (nSPS) is 14.3. The standard InChI is InChI=1S/C20H20N4O4/c1-14-11-19(26)28-17-12-15(3-4-16(14)17)27-13-18(25)23-7-9-24(10-8-23)20-21-5-2-6-22-20/h2-6,11-12H,7-10,13H2,1H3. The van der Waals surface area contributed by atoms with Crippen LogP contribution in [0.3, 0.4) is 0 Å². The van der Waals surface area contributed by atoms with Crippen LogP contribution in [0, 0.1) is 6.92 Å². The maximum Gasteiger partial charge on any atom is 0.336 e. The van der Waals surface area contributed by atoms with Gasteiger partial charge in [-0.2, -0.15) is 0 Å². The zero-order chi connectivity index (χ0) is 19.5. The fourth-order valence-corrected chi connectivity index (χ4v) is 3.24. The summed E-state index contributed by atoms with van der Waals surface area (Å²) in [5.74, 6) is 1.09. The molecule has 0 saturated carbocycles. The number of carbonyl (C=O) groups excluding carboxylic acids is 1. The zero-order valence-electron chi connectivity index (χ0n) is 15.5. The van der Waals surface area contributed by atoms with Gasteiger partial charge in [-0.3, -0.25) is 4.79 Å². The van der Waals surface area contributed by atoms with Gasteiger partial charge in [0.25, 0.3) is 5.91 Å². The number of nitrogens with zero attached hydrogens (tertiary/aromatic N) is 4. The Balaban J connectivity index is 1.35. The van der Waals surface area contributed by atoms with Crippen molar-refractivity contribution in [2.24, 2.45) is 0 Å². The first-order valence-electron chi connectivity index (χ1n) is 9.07. The van der Waals surface area contributed by atoms with Crippen molar-refractivity contribution >= 4 is 22.8 Å². The molecule has 1 fully saturated rings. The Labute approximate surface area is 161 Å². The summed E-state index contributed by atoms with van der Waals surface area (Å²) in [7, 11) is 0. The molecule has 0 bridgehead atoms. The minimum Gasteiger partial charge on any atom is -0.484 e. The van der Waals surface area contributed by atoms with Gasteiger partial charge in [0.2, 0.25) is 5.95 Å². The Hall–Kier alpha value is -3.42. The second kappa shape index (κ2) is 7.67. The molecule has 0 aliphatic carbocycles. The lowest BCUT2D eigenvalue weighted by atomic mass is 10.1. The van der Waals surface area contributed by atoms with E-state index in [1.165, 1.54) is 6.07 Å². The lowest BCUT2D eigenvalue weighted by Crippen LogP contribution is -2.50. The molecular weight excluding hydrogens is 360 g/mol. The molecule has 1 amide bonds. The Morgan fingerprint density at radius 2 is 1.89 bits per heavy atom. The highest BCUT2D eigenvalue weighted by Crippen LogP contribution is 2.22. The van der Waals surface area contributed by atoms with Crippen LogP contribution in [0.5, 0.6) is 5.75 Å². The molecule has 3 heterocycles. The maximum atomic E-state index is 12.5. The monoisotopic (exact) mass is 380 g/mol. The molecule has 28 heavy (non-hydrogen) atoms. The van der Waals surface area contributed by atoms with Gasteiger partial charge in [-0.15, -0.1) is 0 Å². The first kappa shape index (κ1) is 18.0. The summed E-state index contributed by atoms with van der Waals surface area (Å²) in [4.78, 5) is 36.3. The molecule has 0 atom stereocenters. The van der Waals surface area contributed by atoms with Crippen LogP contribution in [0.25, 0.3) is 11.0 Å². The summed E-state index contributed by atoms with van der Waals surface area (Å²) in [6.45, 7) is 4.32. The van der Waals surface area contributed by atoms with Gasteiger partial charge < -0.3 is 19.0 Å². The summed E-state index contributed by atoms with van der Waals surface area (Å²) < 4.78 is 10.8. The number of hydrogen-bond donors (Lipinski definition) is 0. The van der Waals surface area contributed by atoms with Crippen LogP contribution < -0.4 is 15.3 Å². The Bertz CT molecular complexity index is 1040. The van der Waals surface area contributed by atoms with Gasteiger partial charge >= 0.3 is 5.63 Å². The SMILES string of the molecule is Cc1cc(=O)oc2cc(OCC(=O)N3CCN(c4ncccn4)CC3)ccc12. The zero-order valence-corrected chi connectivity index (χ0v) is 15.5. The van der Waals surface area contributed by atoms with E-state index in [1.807, 2.05) is 13.0 Å². The summed E-state index contributed by atoms with van der Waals surface area (Å²) in [6.07, 6.45) is 3.42. The largest absolute Gasteiger partial charge is 0.484 e. The molecule has 0 radical (unpaired) electrons. The van der Waals surface area contributed by atoms with E-state index in [-0.39, 0.29) is 12.5 Å². The lowest BCUT2D eigenvalue weighted by molar-refractivity contribution is -0.133. The van der Waals surface area contributed by atoms with Gasteiger partial charge in [0, 0.05) is 56.1 Å². The van der Waals surface area contributed by atoms with Gasteiger partial charge in [-0.25, -0.2) is 14.8 Å². The smallest absolute Gasteiger partial charge is 0.336 e. The second-order valence-electron chi connectivity index (χ2n) is 6.61. The van der Waals surface area contributed by atoms with E-state index in [9.17, 15) is 9.59 Å². The predicted molar refractivity (Wildman–Crippen MR) is 104 cm³/mol. The number of aromatic nitrogens is 2. The molecule has 1 aromatic carbocycles.